The smallest absolute Gasteiger partial charge is 0.242 e. The maximum Gasteiger partial charge on any atom is 0.242 e. The van der Waals surface area contributed by atoms with E-state index in [1.807, 2.05) is 12.1 Å². The third kappa shape index (κ3) is 3.13. The molecule has 5 nitrogen and oxygen atoms in total. The molecule has 2 N–H and O–H groups in total. The molecule has 6 heteroatoms. The van der Waals surface area contributed by atoms with Gasteiger partial charge in [-0.1, -0.05) is 12.1 Å². The van der Waals surface area contributed by atoms with Crippen LogP contribution in [0.15, 0.2) is 29.2 Å². The number of piperidine rings is 1. The standard InChI is InChI=1S/C14H22N2O3S/c1-15-20(18,19)14-8-3-2-7-13(14)16-10-5-4-6-12(16)9-11-17/h2-3,7-8,12,15,17H,4-6,9-11H2,1H3. The molecule has 1 fully saturated rings. The van der Waals surface area contributed by atoms with Gasteiger partial charge in [-0.15, -0.1) is 0 Å². The van der Waals surface area contributed by atoms with Crippen molar-refractivity contribution in [3.8, 4) is 0 Å². The number of nitrogens with one attached hydrogen (secondary N) is 1. The molecule has 0 aromatic heterocycles. The average molecular weight is 298 g/mol. The summed E-state index contributed by atoms with van der Waals surface area (Å²) in [4.78, 5) is 2.44. The zero-order valence-corrected chi connectivity index (χ0v) is 12.6. The Labute approximate surface area is 120 Å². The first-order chi connectivity index (χ1) is 9.60. The minimum Gasteiger partial charge on any atom is -0.396 e. The number of benzene rings is 1. The lowest BCUT2D eigenvalue weighted by Gasteiger charge is -2.38. The fourth-order valence-electron chi connectivity index (χ4n) is 2.80. The molecule has 112 valence electrons. The summed E-state index contributed by atoms with van der Waals surface area (Å²) in [5, 5.41) is 9.20. The molecule has 1 unspecified atom stereocenters. The number of hydrogen-bond donors (Lipinski definition) is 2. The maximum atomic E-state index is 12.1. The number of anilines is 1. The predicted octanol–water partition coefficient (Wildman–Crippen LogP) is 1.34. The Balaban J connectivity index is 2.40. The van der Waals surface area contributed by atoms with E-state index in [0.717, 1.165) is 31.5 Å². The van der Waals surface area contributed by atoms with Crippen molar-refractivity contribution in [2.45, 2.75) is 36.6 Å². The van der Waals surface area contributed by atoms with Gasteiger partial charge in [0.25, 0.3) is 0 Å². The summed E-state index contributed by atoms with van der Waals surface area (Å²) < 4.78 is 26.7. The number of hydrogen-bond acceptors (Lipinski definition) is 4. The third-order valence-electron chi connectivity index (χ3n) is 3.82. The highest BCUT2D eigenvalue weighted by atomic mass is 32.2. The summed E-state index contributed by atoms with van der Waals surface area (Å²) in [6.07, 6.45) is 3.85. The second-order valence-corrected chi connectivity index (χ2v) is 6.89. The second kappa shape index (κ2) is 6.56. The molecule has 20 heavy (non-hydrogen) atoms. The number of aliphatic hydroxyl groups excluding tert-OH is 1. The van der Waals surface area contributed by atoms with Gasteiger partial charge < -0.3 is 10.0 Å². The molecule has 0 aliphatic carbocycles. The molecule has 1 saturated heterocycles. The van der Waals surface area contributed by atoms with E-state index >= 15 is 0 Å². The summed E-state index contributed by atoms with van der Waals surface area (Å²) in [6, 6.07) is 7.28. The van der Waals surface area contributed by atoms with Gasteiger partial charge in [-0.05, 0) is 44.9 Å². The molecule has 1 aliphatic heterocycles. The minimum absolute atomic E-state index is 0.127. The first kappa shape index (κ1) is 15.3. The van der Waals surface area contributed by atoms with Crippen LogP contribution < -0.4 is 9.62 Å². The van der Waals surface area contributed by atoms with Crippen molar-refractivity contribution in [1.29, 1.82) is 0 Å². The molecule has 2 rings (SSSR count). The number of para-hydroxylation sites is 1. The zero-order valence-electron chi connectivity index (χ0n) is 11.7. The Morgan fingerprint density at radius 3 is 2.80 bits per heavy atom. The second-order valence-electron chi connectivity index (χ2n) is 5.03. The van der Waals surface area contributed by atoms with E-state index < -0.39 is 10.0 Å². The van der Waals surface area contributed by atoms with Crippen LogP contribution >= 0.6 is 0 Å². The third-order valence-corrected chi connectivity index (χ3v) is 5.28. The minimum atomic E-state index is -3.47. The first-order valence-electron chi connectivity index (χ1n) is 7.00. The summed E-state index contributed by atoms with van der Waals surface area (Å²) in [5.41, 5.74) is 0.736. The van der Waals surface area contributed by atoms with Gasteiger partial charge in [0.15, 0.2) is 0 Å². The van der Waals surface area contributed by atoms with Gasteiger partial charge in [0.05, 0.1) is 5.69 Å². The van der Waals surface area contributed by atoms with Crippen molar-refractivity contribution in [3.63, 3.8) is 0 Å². The van der Waals surface area contributed by atoms with Gasteiger partial charge in [0, 0.05) is 19.2 Å². The van der Waals surface area contributed by atoms with Crippen LogP contribution in [0.5, 0.6) is 0 Å². The van der Waals surface area contributed by atoms with Crippen molar-refractivity contribution >= 4 is 15.7 Å². The van der Waals surface area contributed by atoms with E-state index in [2.05, 4.69) is 9.62 Å². The van der Waals surface area contributed by atoms with Gasteiger partial charge in [0.1, 0.15) is 4.90 Å². The molecule has 1 aromatic carbocycles. The van der Waals surface area contributed by atoms with Crippen LogP contribution in [0.25, 0.3) is 0 Å². The van der Waals surface area contributed by atoms with Crippen molar-refractivity contribution in [2.75, 3.05) is 25.1 Å². The topological polar surface area (TPSA) is 69.6 Å². The molecule has 0 spiro atoms. The molecule has 0 amide bonds. The van der Waals surface area contributed by atoms with E-state index in [0.29, 0.717) is 11.3 Å². The van der Waals surface area contributed by atoms with Crippen LogP contribution in [0, 0.1) is 0 Å². The predicted molar refractivity (Wildman–Crippen MR) is 79.4 cm³/mol. The Hall–Kier alpha value is -1.11. The highest BCUT2D eigenvalue weighted by Crippen LogP contribution is 2.31. The number of nitrogens with zero attached hydrogens (tertiary/aromatic N) is 1. The lowest BCUT2D eigenvalue weighted by atomic mass is 9.99. The SMILES string of the molecule is CNS(=O)(=O)c1ccccc1N1CCCCC1CCO. The molecule has 0 radical (unpaired) electrons. The first-order valence-corrected chi connectivity index (χ1v) is 8.48. The van der Waals surface area contributed by atoms with Crippen LogP contribution in [0.2, 0.25) is 0 Å². The van der Waals surface area contributed by atoms with E-state index in [9.17, 15) is 13.5 Å². The van der Waals surface area contributed by atoms with Crippen molar-refractivity contribution in [1.82, 2.24) is 4.72 Å². The largest absolute Gasteiger partial charge is 0.396 e. The highest BCUT2D eigenvalue weighted by Gasteiger charge is 2.27. The normalized spacial score (nSPS) is 20.1. The quantitative estimate of drug-likeness (QED) is 0.860. The summed E-state index contributed by atoms with van der Waals surface area (Å²) in [6.45, 7) is 0.961. The maximum absolute atomic E-state index is 12.1. The van der Waals surface area contributed by atoms with Crippen LogP contribution in [0.3, 0.4) is 0 Å². The van der Waals surface area contributed by atoms with E-state index in [4.69, 9.17) is 0 Å². The summed E-state index contributed by atoms with van der Waals surface area (Å²) in [5.74, 6) is 0. The van der Waals surface area contributed by atoms with E-state index in [1.165, 1.54) is 7.05 Å². The Kier molecular flexibility index (Phi) is 5.01. The summed E-state index contributed by atoms with van der Waals surface area (Å²) in [7, 11) is -2.05. The monoisotopic (exact) mass is 298 g/mol. The average Bonchev–Trinajstić information content (AvgIpc) is 2.48. The lowest BCUT2D eigenvalue weighted by Crippen LogP contribution is -2.41. The fraction of sp³-hybridized carbons (Fsp3) is 0.571. The molecule has 0 saturated carbocycles. The zero-order chi connectivity index (χ0) is 14.6. The molecule has 1 aromatic rings. The van der Waals surface area contributed by atoms with Crippen molar-refractivity contribution in [3.05, 3.63) is 24.3 Å². The summed E-state index contributed by atoms with van der Waals surface area (Å²) >= 11 is 0. The van der Waals surface area contributed by atoms with Crippen molar-refractivity contribution in [2.24, 2.45) is 0 Å². The number of sulfonamides is 1. The van der Waals surface area contributed by atoms with Crippen LogP contribution in [0.1, 0.15) is 25.7 Å². The Morgan fingerprint density at radius 1 is 1.35 bits per heavy atom. The van der Waals surface area contributed by atoms with Gasteiger partial charge >= 0.3 is 0 Å². The molecular formula is C14H22N2O3S. The van der Waals surface area contributed by atoms with Crippen LogP contribution in [0.4, 0.5) is 5.69 Å². The lowest BCUT2D eigenvalue weighted by molar-refractivity contribution is 0.262. The highest BCUT2D eigenvalue weighted by molar-refractivity contribution is 7.89. The van der Waals surface area contributed by atoms with Gasteiger partial charge in [-0.25, -0.2) is 13.1 Å². The van der Waals surface area contributed by atoms with Crippen molar-refractivity contribution < 1.29 is 13.5 Å². The molecular weight excluding hydrogens is 276 g/mol. The van der Waals surface area contributed by atoms with E-state index in [-0.39, 0.29) is 12.6 Å². The molecule has 0 bridgehead atoms. The fourth-order valence-corrected chi connectivity index (χ4v) is 3.74. The molecule has 1 atom stereocenters. The molecule has 1 aliphatic rings. The van der Waals surface area contributed by atoms with Gasteiger partial charge in [0.2, 0.25) is 10.0 Å². The van der Waals surface area contributed by atoms with E-state index in [1.54, 1.807) is 12.1 Å². The van der Waals surface area contributed by atoms with Gasteiger partial charge in [-0.2, -0.15) is 0 Å². The van der Waals surface area contributed by atoms with Gasteiger partial charge in [-0.3, -0.25) is 0 Å². The Morgan fingerprint density at radius 2 is 2.10 bits per heavy atom. The Bertz CT molecular complexity index is 543. The van der Waals surface area contributed by atoms with Crippen LogP contribution in [-0.2, 0) is 10.0 Å². The van der Waals surface area contributed by atoms with Crippen LogP contribution in [-0.4, -0.2) is 39.8 Å². The molecule has 1 heterocycles. The number of rotatable bonds is 5. The number of aliphatic hydroxyl groups is 1.